The molecule has 2 heterocycles. The van der Waals surface area contributed by atoms with E-state index in [2.05, 4.69) is 15.2 Å². The SMILES string of the molecule is Cc1nc(SCC(N)c2ccc3c(c2)OCCCO3)n[nH]1. The molecular weight excluding hydrogens is 288 g/mol. The van der Waals surface area contributed by atoms with Gasteiger partial charge in [0.25, 0.3) is 0 Å². The van der Waals surface area contributed by atoms with Crippen LogP contribution < -0.4 is 15.2 Å². The van der Waals surface area contributed by atoms with Gasteiger partial charge in [0.1, 0.15) is 5.82 Å². The molecule has 0 fully saturated rings. The molecule has 1 aromatic heterocycles. The second-order valence-electron chi connectivity index (χ2n) is 4.88. The lowest BCUT2D eigenvalue weighted by Crippen LogP contribution is -2.13. The monoisotopic (exact) mass is 306 g/mol. The third kappa shape index (κ3) is 3.48. The van der Waals surface area contributed by atoms with E-state index in [0.717, 1.165) is 34.5 Å². The molecular formula is C14H18N4O2S. The fraction of sp³-hybridized carbons (Fsp3) is 0.429. The number of aromatic amines is 1. The number of fused-ring (bicyclic) bond motifs is 1. The van der Waals surface area contributed by atoms with Gasteiger partial charge in [0.2, 0.25) is 5.16 Å². The van der Waals surface area contributed by atoms with Crippen molar-refractivity contribution in [3.05, 3.63) is 29.6 Å². The lowest BCUT2D eigenvalue weighted by Gasteiger charge is -2.14. The number of aryl methyl sites for hydroxylation is 1. The van der Waals surface area contributed by atoms with Crippen LogP contribution in [-0.2, 0) is 0 Å². The van der Waals surface area contributed by atoms with Crippen LogP contribution in [0.2, 0.25) is 0 Å². The Morgan fingerprint density at radius 3 is 2.90 bits per heavy atom. The molecule has 0 bridgehead atoms. The molecule has 0 spiro atoms. The standard InChI is InChI=1S/C14H18N4O2S/c1-9-16-14(18-17-9)21-8-11(15)10-3-4-12-13(7-10)20-6-2-5-19-12/h3-4,7,11H,2,5-6,8,15H2,1H3,(H,16,17,18). The zero-order valence-electron chi connectivity index (χ0n) is 11.8. The number of H-pyrrole nitrogens is 1. The van der Waals surface area contributed by atoms with E-state index in [9.17, 15) is 0 Å². The highest BCUT2D eigenvalue weighted by Crippen LogP contribution is 2.32. The average Bonchev–Trinajstić information content (AvgIpc) is 2.77. The van der Waals surface area contributed by atoms with Gasteiger partial charge in [-0.15, -0.1) is 5.10 Å². The first-order valence-electron chi connectivity index (χ1n) is 6.89. The van der Waals surface area contributed by atoms with Gasteiger partial charge in [-0.25, -0.2) is 4.98 Å². The summed E-state index contributed by atoms with van der Waals surface area (Å²) in [7, 11) is 0. The normalized spacial score (nSPS) is 15.5. The van der Waals surface area contributed by atoms with E-state index >= 15 is 0 Å². The van der Waals surface area contributed by atoms with Crippen LogP contribution >= 0.6 is 11.8 Å². The van der Waals surface area contributed by atoms with Gasteiger partial charge in [-0.1, -0.05) is 17.8 Å². The minimum Gasteiger partial charge on any atom is -0.490 e. The van der Waals surface area contributed by atoms with Gasteiger partial charge in [0, 0.05) is 18.2 Å². The van der Waals surface area contributed by atoms with Crippen LogP contribution in [0.1, 0.15) is 23.9 Å². The summed E-state index contributed by atoms with van der Waals surface area (Å²) in [5.74, 6) is 3.08. The predicted octanol–water partition coefficient (Wildman–Crippen LogP) is 2.07. The third-order valence-corrected chi connectivity index (χ3v) is 4.13. The highest BCUT2D eigenvalue weighted by atomic mass is 32.2. The summed E-state index contributed by atoms with van der Waals surface area (Å²) in [4.78, 5) is 4.25. The van der Waals surface area contributed by atoms with Crippen molar-refractivity contribution in [3.63, 3.8) is 0 Å². The Hall–Kier alpha value is -1.73. The molecule has 2 aromatic rings. The number of hydrogen-bond acceptors (Lipinski definition) is 6. The minimum atomic E-state index is -0.106. The van der Waals surface area contributed by atoms with Gasteiger partial charge in [-0.05, 0) is 24.6 Å². The van der Waals surface area contributed by atoms with Crippen molar-refractivity contribution >= 4 is 11.8 Å². The summed E-state index contributed by atoms with van der Waals surface area (Å²) >= 11 is 1.54. The van der Waals surface area contributed by atoms with Crippen LogP contribution in [0.4, 0.5) is 0 Å². The summed E-state index contributed by atoms with van der Waals surface area (Å²) in [5.41, 5.74) is 7.27. The second kappa shape index (κ2) is 6.36. The smallest absolute Gasteiger partial charge is 0.208 e. The van der Waals surface area contributed by atoms with E-state index in [-0.39, 0.29) is 6.04 Å². The Kier molecular flexibility index (Phi) is 4.31. The summed E-state index contributed by atoms with van der Waals surface area (Å²) in [6.45, 7) is 3.25. The van der Waals surface area contributed by atoms with Crippen molar-refractivity contribution < 1.29 is 9.47 Å². The summed E-state index contributed by atoms with van der Waals surface area (Å²) in [5, 5.41) is 7.63. The Labute approximate surface area is 127 Å². The summed E-state index contributed by atoms with van der Waals surface area (Å²) in [6, 6.07) is 5.78. The lowest BCUT2D eigenvalue weighted by atomic mass is 10.1. The molecule has 0 saturated heterocycles. The van der Waals surface area contributed by atoms with Gasteiger partial charge in [-0.2, -0.15) is 0 Å². The van der Waals surface area contributed by atoms with Crippen molar-refractivity contribution in [2.45, 2.75) is 24.5 Å². The van der Waals surface area contributed by atoms with Crippen molar-refractivity contribution in [3.8, 4) is 11.5 Å². The van der Waals surface area contributed by atoms with Crippen molar-refractivity contribution in [1.82, 2.24) is 15.2 Å². The highest BCUT2D eigenvalue weighted by Gasteiger charge is 2.14. The van der Waals surface area contributed by atoms with Gasteiger partial charge >= 0.3 is 0 Å². The number of hydrogen-bond donors (Lipinski definition) is 2. The van der Waals surface area contributed by atoms with Gasteiger partial charge in [0.15, 0.2) is 11.5 Å². The summed E-state index contributed by atoms with van der Waals surface area (Å²) < 4.78 is 11.3. The molecule has 112 valence electrons. The summed E-state index contributed by atoms with van der Waals surface area (Å²) in [6.07, 6.45) is 0.899. The molecule has 3 rings (SSSR count). The number of rotatable bonds is 4. The Balaban J connectivity index is 1.66. The number of ether oxygens (including phenoxy) is 2. The van der Waals surface area contributed by atoms with Crippen molar-refractivity contribution in [2.75, 3.05) is 19.0 Å². The first-order valence-corrected chi connectivity index (χ1v) is 7.88. The first-order chi connectivity index (χ1) is 10.2. The number of nitrogens with one attached hydrogen (secondary N) is 1. The minimum absolute atomic E-state index is 0.106. The van der Waals surface area contributed by atoms with Crippen molar-refractivity contribution in [1.29, 1.82) is 0 Å². The number of benzene rings is 1. The maximum absolute atomic E-state index is 6.24. The molecule has 0 saturated carbocycles. The average molecular weight is 306 g/mol. The van der Waals surface area contributed by atoms with E-state index in [1.807, 2.05) is 25.1 Å². The highest BCUT2D eigenvalue weighted by molar-refractivity contribution is 7.99. The maximum Gasteiger partial charge on any atom is 0.208 e. The van der Waals surface area contributed by atoms with E-state index in [4.69, 9.17) is 15.2 Å². The maximum atomic E-state index is 6.24. The fourth-order valence-electron chi connectivity index (χ4n) is 2.06. The van der Waals surface area contributed by atoms with Crippen LogP contribution in [0.5, 0.6) is 11.5 Å². The number of aromatic nitrogens is 3. The Bertz CT molecular complexity index is 617. The van der Waals surface area contributed by atoms with E-state index in [1.54, 1.807) is 0 Å². The second-order valence-corrected chi connectivity index (χ2v) is 5.86. The molecule has 0 aliphatic carbocycles. The van der Waals surface area contributed by atoms with Gasteiger partial charge < -0.3 is 15.2 Å². The van der Waals surface area contributed by atoms with Gasteiger partial charge in [-0.3, -0.25) is 5.10 Å². The fourth-order valence-corrected chi connectivity index (χ4v) is 2.89. The molecule has 7 heteroatoms. The molecule has 6 nitrogen and oxygen atoms in total. The van der Waals surface area contributed by atoms with E-state index in [0.29, 0.717) is 19.0 Å². The zero-order valence-corrected chi connectivity index (χ0v) is 12.7. The number of thioether (sulfide) groups is 1. The van der Waals surface area contributed by atoms with E-state index in [1.165, 1.54) is 11.8 Å². The molecule has 21 heavy (non-hydrogen) atoms. The molecule has 1 atom stereocenters. The Morgan fingerprint density at radius 2 is 2.14 bits per heavy atom. The zero-order chi connectivity index (χ0) is 14.7. The van der Waals surface area contributed by atoms with Crippen LogP contribution in [0.15, 0.2) is 23.4 Å². The van der Waals surface area contributed by atoms with Crippen LogP contribution in [0.25, 0.3) is 0 Å². The topological polar surface area (TPSA) is 86.1 Å². The number of nitrogens with two attached hydrogens (primary N) is 1. The van der Waals surface area contributed by atoms with Crippen LogP contribution in [0, 0.1) is 6.92 Å². The quantitative estimate of drug-likeness (QED) is 0.841. The number of nitrogens with zero attached hydrogens (tertiary/aromatic N) is 2. The molecule has 1 aromatic carbocycles. The largest absolute Gasteiger partial charge is 0.490 e. The van der Waals surface area contributed by atoms with Crippen molar-refractivity contribution in [2.24, 2.45) is 5.73 Å². The van der Waals surface area contributed by atoms with Crippen LogP contribution in [-0.4, -0.2) is 34.1 Å². The molecule has 1 unspecified atom stereocenters. The first kappa shape index (κ1) is 14.2. The third-order valence-electron chi connectivity index (χ3n) is 3.17. The molecule has 1 aliphatic heterocycles. The molecule has 0 radical (unpaired) electrons. The molecule has 3 N–H and O–H groups in total. The Morgan fingerprint density at radius 1 is 1.33 bits per heavy atom. The van der Waals surface area contributed by atoms with Crippen LogP contribution in [0.3, 0.4) is 0 Å². The predicted molar refractivity (Wildman–Crippen MR) is 80.8 cm³/mol. The van der Waals surface area contributed by atoms with E-state index < -0.39 is 0 Å². The van der Waals surface area contributed by atoms with Gasteiger partial charge in [0.05, 0.1) is 13.2 Å². The lowest BCUT2D eigenvalue weighted by molar-refractivity contribution is 0.297. The molecule has 0 amide bonds. The molecule has 1 aliphatic rings.